The Morgan fingerprint density at radius 2 is 2.32 bits per heavy atom. The summed E-state index contributed by atoms with van der Waals surface area (Å²) in [6, 6.07) is 5.42. The summed E-state index contributed by atoms with van der Waals surface area (Å²) in [6.07, 6.45) is 0.885. The molecule has 0 aliphatic rings. The number of nitrogens with zero attached hydrogens (tertiary/aromatic N) is 2. The van der Waals surface area contributed by atoms with Gasteiger partial charge in [0.05, 0.1) is 0 Å². The van der Waals surface area contributed by atoms with Crippen LogP contribution in [0, 0.1) is 0 Å². The lowest BCUT2D eigenvalue weighted by Gasteiger charge is -2.06. The maximum atomic E-state index is 11.5. The highest BCUT2D eigenvalue weighted by molar-refractivity contribution is 7.98. The van der Waals surface area contributed by atoms with E-state index < -0.39 is 0 Å². The largest absolute Gasteiger partial charge is 0.399 e. The predicted octanol–water partition coefficient (Wildman–Crippen LogP) is 2.51. The molecule has 5 nitrogen and oxygen atoms in total. The van der Waals surface area contributed by atoms with Crippen molar-refractivity contribution in [1.29, 1.82) is 0 Å². The Balaban J connectivity index is 2.12. The number of hydrogen-bond donors (Lipinski definition) is 2. The van der Waals surface area contributed by atoms with Crippen LogP contribution in [0.4, 0.5) is 5.69 Å². The average molecular weight is 299 g/mol. The van der Waals surface area contributed by atoms with E-state index in [2.05, 4.69) is 10.2 Å². The topological polar surface area (TPSA) is 76.7 Å². The Labute approximate surface area is 120 Å². The van der Waals surface area contributed by atoms with E-state index in [-0.39, 0.29) is 5.69 Å². The van der Waals surface area contributed by atoms with Crippen molar-refractivity contribution in [3.63, 3.8) is 0 Å². The first kappa shape index (κ1) is 14.0. The van der Waals surface area contributed by atoms with Crippen LogP contribution in [-0.4, -0.2) is 14.8 Å². The molecule has 0 saturated heterocycles. The Kier molecular flexibility index (Phi) is 4.55. The highest BCUT2D eigenvalue weighted by Crippen LogP contribution is 2.26. The summed E-state index contributed by atoms with van der Waals surface area (Å²) in [5.41, 5.74) is 7.09. The summed E-state index contributed by atoms with van der Waals surface area (Å²) in [7, 11) is 0. The highest BCUT2D eigenvalue weighted by atomic mass is 35.5. The van der Waals surface area contributed by atoms with Crippen LogP contribution in [0.2, 0.25) is 5.02 Å². The molecule has 0 unspecified atom stereocenters. The molecule has 2 aromatic rings. The summed E-state index contributed by atoms with van der Waals surface area (Å²) < 4.78 is 1.63. The van der Waals surface area contributed by atoms with E-state index in [0.717, 1.165) is 12.0 Å². The van der Waals surface area contributed by atoms with Crippen molar-refractivity contribution in [3.8, 4) is 0 Å². The Morgan fingerprint density at radius 1 is 1.53 bits per heavy atom. The lowest BCUT2D eigenvalue weighted by molar-refractivity contribution is 0.604. The van der Waals surface area contributed by atoms with Gasteiger partial charge >= 0.3 is 5.69 Å². The number of hydrogen-bond acceptors (Lipinski definition) is 4. The molecule has 19 heavy (non-hydrogen) atoms. The molecule has 0 aliphatic carbocycles. The van der Waals surface area contributed by atoms with Crippen molar-refractivity contribution in [2.24, 2.45) is 0 Å². The molecule has 102 valence electrons. The Hall–Kier alpha value is -1.40. The van der Waals surface area contributed by atoms with Gasteiger partial charge in [0.25, 0.3) is 0 Å². The molecule has 1 heterocycles. The predicted molar refractivity (Wildman–Crippen MR) is 78.6 cm³/mol. The van der Waals surface area contributed by atoms with Gasteiger partial charge in [-0.25, -0.2) is 9.89 Å². The van der Waals surface area contributed by atoms with Gasteiger partial charge in [-0.15, -0.1) is 5.10 Å². The molecule has 0 aliphatic heterocycles. The molecular formula is C12H15ClN4OS. The number of halogens is 1. The summed E-state index contributed by atoms with van der Waals surface area (Å²) in [5.74, 6) is 0.646. The molecule has 0 spiro atoms. The number of benzene rings is 1. The van der Waals surface area contributed by atoms with E-state index in [1.807, 2.05) is 19.1 Å². The number of nitrogen functional groups attached to an aromatic ring is 1. The van der Waals surface area contributed by atoms with Crippen LogP contribution < -0.4 is 11.4 Å². The van der Waals surface area contributed by atoms with Gasteiger partial charge in [0.2, 0.25) is 0 Å². The highest BCUT2D eigenvalue weighted by Gasteiger charge is 2.09. The van der Waals surface area contributed by atoms with E-state index in [4.69, 9.17) is 17.3 Å². The van der Waals surface area contributed by atoms with E-state index >= 15 is 0 Å². The third kappa shape index (κ3) is 3.33. The van der Waals surface area contributed by atoms with Gasteiger partial charge in [-0.3, -0.25) is 4.57 Å². The van der Waals surface area contributed by atoms with Crippen molar-refractivity contribution in [2.45, 2.75) is 30.8 Å². The fourth-order valence-corrected chi connectivity index (χ4v) is 2.97. The summed E-state index contributed by atoms with van der Waals surface area (Å²) in [6.45, 7) is 2.68. The first-order valence-corrected chi connectivity index (χ1v) is 7.30. The van der Waals surface area contributed by atoms with E-state index in [1.165, 1.54) is 11.8 Å². The van der Waals surface area contributed by atoms with Gasteiger partial charge in [0.1, 0.15) is 0 Å². The Bertz CT molecular complexity index is 622. The minimum absolute atomic E-state index is 0.173. The minimum Gasteiger partial charge on any atom is -0.399 e. The van der Waals surface area contributed by atoms with Crippen LogP contribution in [0.1, 0.15) is 18.9 Å². The van der Waals surface area contributed by atoms with Gasteiger partial charge in [-0.05, 0) is 24.1 Å². The summed E-state index contributed by atoms with van der Waals surface area (Å²) >= 11 is 7.59. The average Bonchev–Trinajstić information content (AvgIpc) is 2.71. The monoisotopic (exact) mass is 298 g/mol. The van der Waals surface area contributed by atoms with Crippen molar-refractivity contribution < 1.29 is 0 Å². The van der Waals surface area contributed by atoms with Crippen LogP contribution in [0.3, 0.4) is 0 Å². The molecule has 0 amide bonds. The number of H-pyrrole nitrogens is 1. The third-order valence-electron chi connectivity index (χ3n) is 2.60. The van der Waals surface area contributed by atoms with Gasteiger partial charge in [0, 0.05) is 23.0 Å². The van der Waals surface area contributed by atoms with Crippen LogP contribution in [0.15, 0.2) is 28.2 Å². The zero-order valence-corrected chi connectivity index (χ0v) is 12.1. The van der Waals surface area contributed by atoms with Gasteiger partial charge < -0.3 is 5.73 Å². The molecular weight excluding hydrogens is 284 g/mol. The van der Waals surface area contributed by atoms with Crippen molar-refractivity contribution in [1.82, 2.24) is 14.8 Å². The van der Waals surface area contributed by atoms with E-state index in [1.54, 1.807) is 10.6 Å². The molecule has 7 heteroatoms. The molecule has 3 N–H and O–H groups in total. The smallest absolute Gasteiger partial charge is 0.343 e. The van der Waals surface area contributed by atoms with Gasteiger partial charge in [-0.1, -0.05) is 36.4 Å². The van der Waals surface area contributed by atoms with Gasteiger partial charge in [0.15, 0.2) is 5.16 Å². The third-order valence-corrected chi connectivity index (χ3v) is 3.98. The van der Waals surface area contributed by atoms with Crippen molar-refractivity contribution >= 4 is 29.1 Å². The number of rotatable bonds is 5. The lowest BCUT2D eigenvalue weighted by Crippen LogP contribution is -2.17. The van der Waals surface area contributed by atoms with Crippen LogP contribution in [0.25, 0.3) is 0 Å². The van der Waals surface area contributed by atoms with Crippen molar-refractivity contribution in [3.05, 3.63) is 39.3 Å². The van der Waals surface area contributed by atoms with Gasteiger partial charge in [-0.2, -0.15) is 0 Å². The second-order valence-corrected chi connectivity index (χ2v) is 5.45. The van der Waals surface area contributed by atoms with Crippen LogP contribution in [-0.2, 0) is 12.3 Å². The fraction of sp³-hybridized carbons (Fsp3) is 0.333. The first-order valence-electron chi connectivity index (χ1n) is 5.93. The first-order chi connectivity index (χ1) is 9.11. The maximum Gasteiger partial charge on any atom is 0.343 e. The summed E-state index contributed by atoms with van der Waals surface area (Å²) in [5, 5.41) is 7.80. The molecule has 0 atom stereocenters. The SMILES string of the molecule is CCCn1c(SCc2ccc(N)cc2Cl)n[nH]c1=O. The van der Waals surface area contributed by atoms with E-state index in [0.29, 0.717) is 28.2 Å². The number of aromatic amines is 1. The van der Waals surface area contributed by atoms with E-state index in [9.17, 15) is 4.79 Å². The zero-order valence-electron chi connectivity index (χ0n) is 10.5. The van der Waals surface area contributed by atoms with Crippen molar-refractivity contribution in [2.75, 3.05) is 5.73 Å². The number of anilines is 1. The minimum atomic E-state index is -0.173. The van der Waals surface area contributed by atoms with Crippen LogP contribution >= 0.6 is 23.4 Å². The fourth-order valence-electron chi connectivity index (χ4n) is 1.66. The number of nitrogens with two attached hydrogens (primary N) is 1. The molecule has 0 bridgehead atoms. The quantitative estimate of drug-likeness (QED) is 0.657. The normalized spacial score (nSPS) is 10.8. The lowest BCUT2D eigenvalue weighted by atomic mass is 10.2. The molecule has 2 rings (SSSR count). The molecule has 0 radical (unpaired) electrons. The second-order valence-electron chi connectivity index (χ2n) is 4.10. The standard InChI is InChI=1S/C12H15ClN4OS/c1-2-5-17-11(18)15-16-12(17)19-7-8-3-4-9(14)6-10(8)13/h3-4,6H,2,5,7,14H2,1H3,(H,15,18). The molecule has 1 aromatic carbocycles. The molecule has 0 saturated carbocycles. The molecule has 1 aromatic heterocycles. The second kappa shape index (κ2) is 6.16. The van der Waals surface area contributed by atoms with Crippen LogP contribution in [0.5, 0.6) is 0 Å². The number of thioether (sulfide) groups is 1. The number of nitrogens with one attached hydrogen (secondary N) is 1. The molecule has 0 fully saturated rings. The maximum absolute atomic E-state index is 11.5. The Morgan fingerprint density at radius 3 is 3.00 bits per heavy atom. The zero-order chi connectivity index (χ0) is 13.8. The number of aromatic nitrogens is 3. The summed E-state index contributed by atoms with van der Waals surface area (Å²) in [4.78, 5) is 11.5.